The zero-order valence-electron chi connectivity index (χ0n) is 8.03. The lowest BCUT2D eigenvalue weighted by molar-refractivity contribution is 0.261. The highest BCUT2D eigenvalue weighted by Gasteiger charge is 2.26. The van der Waals surface area contributed by atoms with E-state index in [1.165, 1.54) is 24.8 Å². The van der Waals surface area contributed by atoms with Crippen LogP contribution in [0.2, 0.25) is 0 Å². The highest BCUT2D eigenvalue weighted by molar-refractivity contribution is 5.17. The molecule has 1 fully saturated rings. The smallest absolute Gasteiger partial charge is 0.0576 e. The molecule has 0 aromatic carbocycles. The van der Waals surface area contributed by atoms with Crippen LogP contribution in [-0.4, -0.2) is 4.98 Å². The third-order valence-electron chi connectivity index (χ3n) is 2.94. The van der Waals surface area contributed by atoms with Gasteiger partial charge in [-0.2, -0.15) is 0 Å². The Hall–Kier alpha value is -0.890. The molecule has 1 aliphatic carbocycles. The molecule has 0 bridgehead atoms. The molecule has 1 heterocycles. The van der Waals surface area contributed by atoms with E-state index in [9.17, 15) is 0 Å². The Morgan fingerprint density at radius 3 is 2.85 bits per heavy atom. The van der Waals surface area contributed by atoms with E-state index in [2.05, 4.69) is 18.0 Å². The normalized spacial score (nSPS) is 19.5. The molecule has 0 amide bonds. The highest BCUT2D eigenvalue weighted by Crippen LogP contribution is 2.35. The summed E-state index contributed by atoms with van der Waals surface area (Å²) in [6, 6.07) is 4.27. The van der Waals surface area contributed by atoms with Crippen LogP contribution in [0.3, 0.4) is 0 Å². The Morgan fingerprint density at radius 2 is 2.31 bits per heavy atom. The van der Waals surface area contributed by atoms with Crippen LogP contribution in [0.1, 0.15) is 36.6 Å². The maximum atomic E-state index is 6.11. The molecule has 0 radical (unpaired) electrons. The number of nitrogens with two attached hydrogens (primary N) is 1. The SMILES string of the molecule is Cc1ccnc(C(N)C2CCC2)c1. The van der Waals surface area contributed by atoms with Crippen LogP contribution in [0.15, 0.2) is 18.3 Å². The zero-order valence-corrected chi connectivity index (χ0v) is 8.03. The van der Waals surface area contributed by atoms with E-state index in [1.807, 2.05) is 12.3 Å². The van der Waals surface area contributed by atoms with Crippen molar-refractivity contribution < 1.29 is 0 Å². The summed E-state index contributed by atoms with van der Waals surface area (Å²) >= 11 is 0. The van der Waals surface area contributed by atoms with E-state index in [4.69, 9.17) is 5.73 Å². The maximum absolute atomic E-state index is 6.11. The molecule has 1 atom stereocenters. The fraction of sp³-hybridized carbons (Fsp3) is 0.545. The second kappa shape index (κ2) is 3.46. The summed E-state index contributed by atoms with van der Waals surface area (Å²) in [5.74, 6) is 0.675. The lowest BCUT2D eigenvalue weighted by atomic mass is 9.79. The van der Waals surface area contributed by atoms with Gasteiger partial charge in [-0.3, -0.25) is 4.98 Å². The van der Waals surface area contributed by atoms with Crippen molar-refractivity contribution in [1.29, 1.82) is 0 Å². The summed E-state index contributed by atoms with van der Waals surface area (Å²) in [5, 5.41) is 0. The first-order valence-corrected chi connectivity index (χ1v) is 4.95. The predicted molar refractivity (Wildman–Crippen MR) is 53.2 cm³/mol. The first-order chi connectivity index (χ1) is 6.27. The van der Waals surface area contributed by atoms with Crippen LogP contribution >= 0.6 is 0 Å². The lowest BCUT2D eigenvalue weighted by Gasteiger charge is -2.30. The van der Waals surface area contributed by atoms with E-state index in [0.717, 1.165) is 5.69 Å². The van der Waals surface area contributed by atoms with Crippen molar-refractivity contribution in [3.8, 4) is 0 Å². The van der Waals surface area contributed by atoms with Crippen molar-refractivity contribution in [3.05, 3.63) is 29.6 Å². The van der Waals surface area contributed by atoms with Crippen LogP contribution in [0, 0.1) is 12.8 Å². The summed E-state index contributed by atoms with van der Waals surface area (Å²) in [6.45, 7) is 2.08. The molecule has 0 spiro atoms. The topological polar surface area (TPSA) is 38.9 Å². The molecule has 2 heteroatoms. The Kier molecular flexibility index (Phi) is 2.32. The molecule has 1 aromatic heterocycles. The van der Waals surface area contributed by atoms with Gasteiger partial charge in [0.2, 0.25) is 0 Å². The maximum Gasteiger partial charge on any atom is 0.0576 e. The second-order valence-electron chi connectivity index (χ2n) is 3.97. The van der Waals surface area contributed by atoms with Crippen molar-refractivity contribution in [2.24, 2.45) is 11.7 Å². The molecule has 13 heavy (non-hydrogen) atoms. The number of aryl methyl sites for hydroxylation is 1. The van der Waals surface area contributed by atoms with Crippen molar-refractivity contribution in [3.63, 3.8) is 0 Å². The van der Waals surface area contributed by atoms with Gasteiger partial charge in [-0.25, -0.2) is 0 Å². The van der Waals surface area contributed by atoms with Gasteiger partial charge in [0.15, 0.2) is 0 Å². The lowest BCUT2D eigenvalue weighted by Crippen LogP contribution is -2.27. The van der Waals surface area contributed by atoms with E-state index in [0.29, 0.717) is 5.92 Å². The van der Waals surface area contributed by atoms with Gasteiger partial charge >= 0.3 is 0 Å². The number of pyridine rings is 1. The van der Waals surface area contributed by atoms with E-state index >= 15 is 0 Å². The fourth-order valence-corrected chi connectivity index (χ4v) is 1.78. The summed E-state index contributed by atoms with van der Waals surface area (Å²) in [5.41, 5.74) is 8.42. The first kappa shape index (κ1) is 8.70. The summed E-state index contributed by atoms with van der Waals surface area (Å²) in [6.07, 6.45) is 5.74. The van der Waals surface area contributed by atoms with Crippen LogP contribution < -0.4 is 5.73 Å². The molecule has 0 aliphatic heterocycles. The Bertz CT molecular complexity index is 292. The summed E-state index contributed by atoms with van der Waals surface area (Å²) in [7, 11) is 0. The Morgan fingerprint density at radius 1 is 1.54 bits per heavy atom. The van der Waals surface area contributed by atoms with Crippen LogP contribution in [0.5, 0.6) is 0 Å². The van der Waals surface area contributed by atoms with Crippen molar-refractivity contribution in [2.45, 2.75) is 32.2 Å². The van der Waals surface area contributed by atoms with Crippen molar-refractivity contribution in [1.82, 2.24) is 4.98 Å². The largest absolute Gasteiger partial charge is 0.322 e. The fourth-order valence-electron chi connectivity index (χ4n) is 1.78. The van der Waals surface area contributed by atoms with Gasteiger partial charge in [-0.15, -0.1) is 0 Å². The van der Waals surface area contributed by atoms with Gasteiger partial charge in [0.1, 0.15) is 0 Å². The first-order valence-electron chi connectivity index (χ1n) is 4.95. The van der Waals surface area contributed by atoms with Crippen LogP contribution in [0.4, 0.5) is 0 Å². The third kappa shape index (κ3) is 1.73. The van der Waals surface area contributed by atoms with Gasteiger partial charge in [-0.05, 0) is 43.4 Å². The van der Waals surface area contributed by atoms with Crippen molar-refractivity contribution in [2.75, 3.05) is 0 Å². The summed E-state index contributed by atoms with van der Waals surface area (Å²) in [4.78, 5) is 4.32. The van der Waals surface area contributed by atoms with Gasteiger partial charge in [0.05, 0.1) is 5.69 Å². The molecule has 1 aliphatic rings. The standard InChI is InChI=1S/C11H16N2/c1-8-5-6-13-10(7-8)11(12)9-3-2-4-9/h5-7,9,11H,2-4,12H2,1H3. The van der Waals surface area contributed by atoms with E-state index < -0.39 is 0 Å². The van der Waals surface area contributed by atoms with E-state index in [-0.39, 0.29) is 6.04 Å². The van der Waals surface area contributed by atoms with Crippen LogP contribution in [-0.2, 0) is 0 Å². The van der Waals surface area contributed by atoms with Gasteiger partial charge in [0, 0.05) is 12.2 Å². The number of hydrogen-bond donors (Lipinski definition) is 1. The number of aromatic nitrogens is 1. The number of hydrogen-bond acceptors (Lipinski definition) is 2. The van der Waals surface area contributed by atoms with Crippen molar-refractivity contribution >= 4 is 0 Å². The Balaban J connectivity index is 2.14. The Labute approximate surface area is 79.2 Å². The quantitative estimate of drug-likeness (QED) is 0.750. The molecule has 1 aromatic rings. The zero-order chi connectivity index (χ0) is 9.26. The minimum Gasteiger partial charge on any atom is -0.322 e. The van der Waals surface area contributed by atoms with Gasteiger partial charge < -0.3 is 5.73 Å². The second-order valence-corrected chi connectivity index (χ2v) is 3.97. The molecule has 70 valence electrons. The molecule has 2 rings (SSSR count). The number of rotatable bonds is 2. The molecular weight excluding hydrogens is 160 g/mol. The summed E-state index contributed by atoms with van der Waals surface area (Å²) < 4.78 is 0. The molecular formula is C11H16N2. The average molecular weight is 176 g/mol. The minimum absolute atomic E-state index is 0.161. The third-order valence-corrected chi connectivity index (χ3v) is 2.94. The average Bonchev–Trinajstić information content (AvgIpc) is 2.01. The predicted octanol–water partition coefficient (Wildman–Crippen LogP) is 2.19. The minimum atomic E-state index is 0.161. The molecule has 2 N–H and O–H groups in total. The van der Waals surface area contributed by atoms with Gasteiger partial charge in [-0.1, -0.05) is 6.42 Å². The number of nitrogens with zero attached hydrogens (tertiary/aromatic N) is 1. The van der Waals surface area contributed by atoms with Gasteiger partial charge in [0.25, 0.3) is 0 Å². The molecule has 0 saturated heterocycles. The molecule has 1 unspecified atom stereocenters. The van der Waals surface area contributed by atoms with Crippen LogP contribution in [0.25, 0.3) is 0 Å². The van der Waals surface area contributed by atoms with E-state index in [1.54, 1.807) is 0 Å². The molecule has 1 saturated carbocycles. The monoisotopic (exact) mass is 176 g/mol. The highest BCUT2D eigenvalue weighted by atomic mass is 14.8. The molecule has 2 nitrogen and oxygen atoms in total.